The van der Waals surface area contributed by atoms with Crippen LogP contribution in [0.5, 0.6) is 5.75 Å². The van der Waals surface area contributed by atoms with Crippen molar-refractivity contribution in [2.75, 3.05) is 13.1 Å². The summed E-state index contributed by atoms with van der Waals surface area (Å²) < 4.78 is 60.2. The van der Waals surface area contributed by atoms with Crippen LogP contribution >= 0.6 is 0 Å². The van der Waals surface area contributed by atoms with Crippen molar-refractivity contribution in [1.82, 2.24) is 9.88 Å². The summed E-state index contributed by atoms with van der Waals surface area (Å²) in [5, 5.41) is 0. The molecule has 2 aromatic carbocycles. The lowest BCUT2D eigenvalue weighted by Gasteiger charge is -2.44. The molecule has 1 aromatic heterocycles. The van der Waals surface area contributed by atoms with E-state index in [1.807, 2.05) is 0 Å². The number of ether oxygens (including phenoxy) is 1. The van der Waals surface area contributed by atoms with Crippen molar-refractivity contribution < 1.29 is 27.1 Å². The third kappa shape index (κ3) is 5.50. The van der Waals surface area contributed by atoms with Crippen molar-refractivity contribution >= 4 is 5.91 Å². The van der Waals surface area contributed by atoms with E-state index in [4.69, 9.17) is 10.5 Å². The van der Waals surface area contributed by atoms with Gasteiger partial charge >= 0.3 is 6.18 Å². The highest BCUT2D eigenvalue weighted by atomic mass is 19.4. The highest BCUT2D eigenvalue weighted by Crippen LogP contribution is 2.49. The fourth-order valence-electron chi connectivity index (χ4n) is 6.07. The van der Waals surface area contributed by atoms with Crippen LogP contribution in [0.25, 0.3) is 0 Å². The number of likely N-dealkylation sites (tertiary alicyclic amines) is 1. The van der Waals surface area contributed by atoms with Gasteiger partial charge in [-0.15, -0.1) is 0 Å². The number of hydrogen-bond donors (Lipinski definition) is 1. The maximum absolute atomic E-state index is 14.0. The molecule has 1 saturated heterocycles. The molecule has 2 N–H and O–H groups in total. The largest absolute Gasteiger partial charge is 0.482 e. The molecule has 2 aliphatic rings. The maximum Gasteiger partial charge on any atom is 0.416 e. The monoisotopic (exact) mass is 541 g/mol. The summed E-state index contributed by atoms with van der Waals surface area (Å²) in [6, 6.07) is 11.5. The molecule has 3 heterocycles. The van der Waals surface area contributed by atoms with E-state index in [1.165, 1.54) is 24.3 Å². The Labute approximate surface area is 225 Å². The lowest BCUT2D eigenvalue weighted by molar-refractivity contribution is -0.137. The predicted molar refractivity (Wildman–Crippen MR) is 139 cm³/mol. The summed E-state index contributed by atoms with van der Waals surface area (Å²) >= 11 is 0. The van der Waals surface area contributed by atoms with E-state index in [9.17, 15) is 22.4 Å². The highest BCUT2D eigenvalue weighted by molar-refractivity contribution is 5.94. The number of primary amides is 1. The number of nitrogens with two attached hydrogens (primary N) is 1. The van der Waals surface area contributed by atoms with Crippen LogP contribution < -0.4 is 10.5 Å². The van der Waals surface area contributed by atoms with Crippen LogP contribution in [0.4, 0.5) is 17.6 Å². The Morgan fingerprint density at radius 2 is 1.87 bits per heavy atom. The van der Waals surface area contributed by atoms with Gasteiger partial charge in [-0.1, -0.05) is 18.2 Å². The van der Waals surface area contributed by atoms with Crippen LogP contribution in [0.15, 0.2) is 60.9 Å². The molecule has 2 atom stereocenters. The standard InChI is InChI=1S/C30H31F4N3O2/c1-19(2-3-21-18-36-13-10-26(21)28(35)38)37-14-11-23(12-15-37)29(17-20-4-9-25(31)16-27(20)39-29)22-5-7-24(8-6-22)30(32,33)34/h4-10,13,16,18-19,23H,2-3,11-12,14-15,17H2,1H3,(H2,35,38). The number of aromatic nitrogens is 1. The molecule has 9 heteroatoms. The number of aryl methyl sites for hydroxylation is 1. The third-order valence-electron chi connectivity index (χ3n) is 8.29. The van der Waals surface area contributed by atoms with Gasteiger partial charge in [0.05, 0.1) is 5.56 Å². The van der Waals surface area contributed by atoms with Gasteiger partial charge in [0.25, 0.3) is 0 Å². The molecular formula is C30H31F4N3O2. The Balaban J connectivity index is 1.31. The smallest absolute Gasteiger partial charge is 0.416 e. The van der Waals surface area contributed by atoms with Crippen LogP contribution in [0, 0.1) is 11.7 Å². The molecule has 0 radical (unpaired) electrons. The summed E-state index contributed by atoms with van der Waals surface area (Å²) in [7, 11) is 0. The Kier molecular flexibility index (Phi) is 7.37. The number of carbonyl (C=O) groups excluding carboxylic acids is 1. The first-order valence-electron chi connectivity index (χ1n) is 13.2. The second kappa shape index (κ2) is 10.6. The summed E-state index contributed by atoms with van der Waals surface area (Å²) in [6.45, 7) is 3.73. The number of hydrogen-bond acceptors (Lipinski definition) is 4. The molecule has 3 aromatic rings. The number of nitrogens with zero attached hydrogens (tertiary/aromatic N) is 2. The highest BCUT2D eigenvalue weighted by Gasteiger charge is 2.49. The van der Waals surface area contributed by atoms with E-state index in [0.717, 1.165) is 55.6 Å². The Morgan fingerprint density at radius 1 is 1.15 bits per heavy atom. The number of fused-ring (bicyclic) bond motifs is 1. The van der Waals surface area contributed by atoms with E-state index in [0.29, 0.717) is 29.7 Å². The molecular weight excluding hydrogens is 510 g/mol. The van der Waals surface area contributed by atoms with Gasteiger partial charge in [0, 0.05) is 42.4 Å². The molecule has 2 aliphatic heterocycles. The van der Waals surface area contributed by atoms with Crippen molar-refractivity contribution in [2.24, 2.45) is 11.7 Å². The van der Waals surface area contributed by atoms with Crippen molar-refractivity contribution in [3.8, 4) is 5.75 Å². The second-order valence-corrected chi connectivity index (χ2v) is 10.6. The number of benzene rings is 2. The Morgan fingerprint density at radius 3 is 2.54 bits per heavy atom. The van der Waals surface area contributed by atoms with Gasteiger partial charge in [-0.2, -0.15) is 13.2 Å². The molecule has 39 heavy (non-hydrogen) atoms. The van der Waals surface area contributed by atoms with E-state index < -0.39 is 29.1 Å². The van der Waals surface area contributed by atoms with Gasteiger partial charge in [0.1, 0.15) is 17.2 Å². The SMILES string of the molecule is CC(CCc1cnccc1C(N)=O)N1CCC(C2(c3ccc(C(F)(F)F)cc3)Cc3ccc(F)cc3O2)CC1. The average Bonchev–Trinajstić information content (AvgIpc) is 3.31. The van der Waals surface area contributed by atoms with Crippen molar-refractivity contribution in [2.45, 2.75) is 56.8 Å². The normalized spacial score (nSPS) is 20.8. The van der Waals surface area contributed by atoms with Crippen LogP contribution in [-0.2, 0) is 24.6 Å². The molecule has 1 fully saturated rings. The maximum atomic E-state index is 14.0. The van der Waals surface area contributed by atoms with E-state index in [1.54, 1.807) is 24.5 Å². The van der Waals surface area contributed by atoms with Gasteiger partial charge in [-0.25, -0.2) is 4.39 Å². The molecule has 0 aliphatic carbocycles. The molecule has 5 rings (SSSR count). The van der Waals surface area contributed by atoms with Gasteiger partial charge in [-0.3, -0.25) is 9.78 Å². The number of alkyl halides is 3. The molecule has 1 amide bonds. The summed E-state index contributed by atoms with van der Waals surface area (Å²) in [5.74, 6) is -0.388. The van der Waals surface area contributed by atoms with Gasteiger partial charge < -0.3 is 15.4 Å². The quantitative estimate of drug-likeness (QED) is 0.378. The van der Waals surface area contributed by atoms with Gasteiger partial charge in [0.15, 0.2) is 0 Å². The van der Waals surface area contributed by atoms with Crippen LogP contribution in [-0.4, -0.2) is 34.9 Å². The minimum absolute atomic E-state index is 0.0351. The fourth-order valence-corrected chi connectivity index (χ4v) is 6.07. The van der Waals surface area contributed by atoms with Crippen LogP contribution in [0.3, 0.4) is 0 Å². The topological polar surface area (TPSA) is 68.5 Å². The summed E-state index contributed by atoms with van der Waals surface area (Å²) in [5.41, 5.74) is 6.79. The zero-order valence-corrected chi connectivity index (χ0v) is 21.7. The first-order valence-corrected chi connectivity index (χ1v) is 13.2. The molecule has 0 saturated carbocycles. The van der Waals surface area contributed by atoms with Crippen molar-refractivity contribution in [3.63, 3.8) is 0 Å². The molecule has 0 bridgehead atoms. The van der Waals surface area contributed by atoms with E-state index in [-0.39, 0.29) is 12.0 Å². The Hall–Kier alpha value is -3.46. The van der Waals surface area contributed by atoms with E-state index >= 15 is 0 Å². The summed E-state index contributed by atoms with van der Waals surface area (Å²) in [6.07, 6.45) is 2.35. The second-order valence-electron chi connectivity index (χ2n) is 10.6. The summed E-state index contributed by atoms with van der Waals surface area (Å²) in [4.78, 5) is 18.3. The number of carbonyl (C=O) groups is 1. The number of piperidine rings is 1. The number of rotatable bonds is 7. The number of pyridine rings is 1. The minimum atomic E-state index is -4.43. The van der Waals surface area contributed by atoms with Crippen LogP contribution in [0.2, 0.25) is 0 Å². The van der Waals surface area contributed by atoms with Gasteiger partial charge in [0.2, 0.25) is 5.91 Å². The zero-order chi connectivity index (χ0) is 27.8. The third-order valence-corrected chi connectivity index (χ3v) is 8.29. The van der Waals surface area contributed by atoms with Crippen molar-refractivity contribution in [1.29, 1.82) is 0 Å². The lowest BCUT2D eigenvalue weighted by atomic mass is 9.73. The number of amides is 1. The zero-order valence-electron chi connectivity index (χ0n) is 21.7. The number of halogens is 4. The first kappa shape index (κ1) is 27.1. The van der Waals surface area contributed by atoms with Gasteiger partial charge in [-0.05, 0) is 86.7 Å². The fraction of sp³-hybridized carbons (Fsp3) is 0.400. The molecule has 0 spiro atoms. The molecule has 206 valence electrons. The lowest BCUT2D eigenvalue weighted by Crippen LogP contribution is -2.48. The minimum Gasteiger partial charge on any atom is -0.482 e. The molecule has 2 unspecified atom stereocenters. The average molecular weight is 542 g/mol. The molecule has 5 nitrogen and oxygen atoms in total. The first-order chi connectivity index (χ1) is 18.6. The Bertz CT molecular complexity index is 1340. The van der Waals surface area contributed by atoms with E-state index in [2.05, 4.69) is 16.8 Å². The predicted octanol–water partition coefficient (Wildman–Crippen LogP) is 5.90. The van der Waals surface area contributed by atoms with Crippen molar-refractivity contribution in [3.05, 3.63) is 94.6 Å². The van der Waals surface area contributed by atoms with Crippen LogP contribution in [0.1, 0.15) is 58.8 Å².